The Labute approximate surface area is 224 Å². The number of aromatic hydroxyl groups is 2. The third kappa shape index (κ3) is 8.17. The number of hydrogen-bond acceptors (Lipinski definition) is 11. The van der Waals surface area contributed by atoms with E-state index in [4.69, 9.17) is 30.2 Å². The Kier molecular flexibility index (Phi) is 11.7. The Morgan fingerprint density at radius 3 is 1.41 bits per heavy atom. The van der Waals surface area contributed by atoms with Gasteiger partial charge in [-0.2, -0.15) is 0 Å². The van der Waals surface area contributed by atoms with Gasteiger partial charge in [-0.1, -0.05) is 24.3 Å². The molecule has 4 rings (SSSR count). The van der Waals surface area contributed by atoms with Crippen molar-refractivity contribution >= 4 is 5.69 Å². The monoisotopic (exact) mass is 540 g/mol. The zero-order valence-corrected chi connectivity index (χ0v) is 22.0. The summed E-state index contributed by atoms with van der Waals surface area (Å²) in [6, 6.07) is 13.4. The van der Waals surface area contributed by atoms with E-state index in [9.17, 15) is 19.2 Å². The van der Waals surface area contributed by atoms with Gasteiger partial charge in [-0.15, -0.1) is 0 Å². The second-order valence-electron chi connectivity index (χ2n) is 7.87. The van der Waals surface area contributed by atoms with Crippen molar-refractivity contribution in [3.8, 4) is 28.7 Å². The summed E-state index contributed by atoms with van der Waals surface area (Å²) in [4.78, 5) is 44.2. The molecule has 0 saturated carbocycles. The van der Waals surface area contributed by atoms with Crippen molar-refractivity contribution in [2.24, 2.45) is 5.73 Å². The first-order valence-electron chi connectivity index (χ1n) is 12.2. The van der Waals surface area contributed by atoms with Crippen molar-refractivity contribution in [1.29, 1.82) is 0 Å². The molecule has 0 atom stereocenters. The van der Waals surface area contributed by atoms with Gasteiger partial charge in [0.2, 0.25) is 11.5 Å². The second kappa shape index (κ2) is 14.9. The molecule has 4 aromatic carbocycles. The molecular weight excluding hydrogens is 508 g/mol. The third-order valence-corrected chi connectivity index (χ3v) is 5.14. The fraction of sp³-hybridized carbons (Fsp3) is 0.286. The standard InChI is InChI=1S/C13H13NO4.C8H10O4.C7H9NO/c1-2-18-13-10(11(16)12(13)17)14-7-8-3-5-9(15)6-4-8;1-3-11-7-5(9)6(10)8(7)12-4-2;8-5-6-1-3-7(9)4-2-6/h3-6,14-15H,2,7H2,1H3;3-4H2,1-2H3;1-4,9H,5,8H2. The van der Waals surface area contributed by atoms with Crippen LogP contribution in [0.25, 0.3) is 0 Å². The molecule has 0 aliphatic carbocycles. The lowest BCUT2D eigenvalue weighted by molar-refractivity contribution is 0.274. The van der Waals surface area contributed by atoms with E-state index < -0.39 is 21.7 Å². The molecule has 0 aliphatic heterocycles. The van der Waals surface area contributed by atoms with Crippen LogP contribution in [-0.4, -0.2) is 30.0 Å². The highest BCUT2D eigenvalue weighted by Gasteiger charge is 2.23. The maximum atomic E-state index is 11.3. The summed E-state index contributed by atoms with van der Waals surface area (Å²) < 4.78 is 14.9. The maximum Gasteiger partial charge on any atom is 0.275 e. The lowest BCUT2D eigenvalue weighted by Crippen LogP contribution is -2.35. The summed E-state index contributed by atoms with van der Waals surface area (Å²) in [5, 5.41) is 20.8. The highest BCUT2D eigenvalue weighted by atomic mass is 16.5. The van der Waals surface area contributed by atoms with E-state index in [1.54, 1.807) is 69.3 Å². The zero-order chi connectivity index (χ0) is 28.9. The minimum absolute atomic E-state index is 0.0735. The van der Waals surface area contributed by atoms with Gasteiger partial charge in [-0.3, -0.25) is 19.2 Å². The summed E-state index contributed by atoms with van der Waals surface area (Å²) in [6.07, 6.45) is 0. The predicted octanol–water partition coefficient (Wildman–Crippen LogP) is 1.93. The smallest absolute Gasteiger partial charge is 0.275 e. The molecule has 0 spiro atoms. The Bertz CT molecular complexity index is 1430. The molecule has 4 aromatic rings. The fourth-order valence-electron chi connectivity index (χ4n) is 3.15. The molecule has 0 aromatic heterocycles. The van der Waals surface area contributed by atoms with Crippen LogP contribution in [0.3, 0.4) is 0 Å². The Balaban J connectivity index is 0.000000220. The number of hydrogen-bond donors (Lipinski definition) is 4. The molecule has 0 radical (unpaired) electrons. The molecular formula is C28H32N2O9. The summed E-state index contributed by atoms with van der Waals surface area (Å²) in [5.74, 6) is 0.727. The highest BCUT2D eigenvalue weighted by Crippen LogP contribution is 2.20. The first-order valence-corrected chi connectivity index (χ1v) is 12.2. The van der Waals surface area contributed by atoms with Crippen LogP contribution in [0.1, 0.15) is 31.9 Å². The number of phenolic OH excluding ortho intramolecular Hbond substituents is 2. The average Bonchev–Trinajstić information content (AvgIpc) is 2.96. The molecule has 11 heteroatoms. The quantitative estimate of drug-likeness (QED) is 0.216. The van der Waals surface area contributed by atoms with Crippen LogP contribution < -0.4 is 47.0 Å². The minimum atomic E-state index is -0.583. The average molecular weight is 541 g/mol. The van der Waals surface area contributed by atoms with Crippen LogP contribution in [0.2, 0.25) is 0 Å². The predicted molar refractivity (Wildman–Crippen MR) is 148 cm³/mol. The van der Waals surface area contributed by atoms with Crippen LogP contribution >= 0.6 is 0 Å². The van der Waals surface area contributed by atoms with Crippen LogP contribution in [0.15, 0.2) is 67.7 Å². The van der Waals surface area contributed by atoms with E-state index in [1.807, 2.05) is 0 Å². The van der Waals surface area contributed by atoms with Crippen LogP contribution in [0.4, 0.5) is 5.69 Å². The molecule has 11 nitrogen and oxygen atoms in total. The van der Waals surface area contributed by atoms with E-state index in [2.05, 4.69) is 5.32 Å². The minimum Gasteiger partial charge on any atom is -0.508 e. The molecule has 0 heterocycles. The van der Waals surface area contributed by atoms with E-state index in [-0.39, 0.29) is 34.4 Å². The van der Waals surface area contributed by atoms with E-state index in [0.29, 0.717) is 32.9 Å². The van der Waals surface area contributed by atoms with Crippen molar-refractivity contribution in [1.82, 2.24) is 0 Å². The molecule has 0 saturated heterocycles. The molecule has 208 valence electrons. The molecule has 0 aliphatic rings. The van der Waals surface area contributed by atoms with Crippen LogP contribution in [0, 0.1) is 0 Å². The van der Waals surface area contributed by atoms with Crippen molar-refractivity contribution in [3.63, 3.8) is 0 Å². The van der Waals surface area contributed by atoms with Crippen molar-refractivity contribution in [2.45, 2.75) is 33.9 Å². The molecule has 0 unspecified atom stereocenters. The highest BCUT2D eigenvalue weighted by molar-refractivity contribution is 5.62. The van der Waals surface area contributed by atoms with Crippen molar-refractivity contribution in [2.75, 3.05) is 25.1 Å². The number of rotatable bonds is 10. The number of nitrogens with two attached hydrogens (primary N) is 1. The summed E-state index contributed by atoms with van der Waals surface area (Å²) in [6.45, 7) is 7.24. The Morgan fingerprint density at radius 2 is 1.00 bits per heavy atom. The van der Waals surface area contributed by atoms with Gasteiger partial charge in [0, 0.05) is 13.1 Å². The SMILES string of the molecule is CCOc1c(NCc2ccc(O)cc2)c(=O)c1=O.CCOc1c(OCC)c(=O)c1=O.NCc1ccc(O)cc1. The first-order chi connectivity index (χ1) is 18.7. The lowest BCUT2D eigenvalue weighted by Gasteiger charge is -2.13. The molecule has 0 amide bonds. The van der Waals surface area contributed by atoms with Gasteiger partial charge in [0.1, 0.15) is 17.2 Å². The Hall–Kier alpha value is -4.64. The summed E-state index contributed by atoms with van der Waals surface area (Å²) in [7, 11) is 0. The fourth-order valence-corrected chi connectivity index (χ4v) is 3.15. The van der Waals surface area contributed by atoms with Gasteiger partial charge < -0.3 is 35.5 Å². The van der Waals surface area contributed by atoms with Gasteiger partial charge in [0.25, 0.3) is 21.7 Å². The maximum absolute atomic E-state index is 11.3. The summed E-state index contributed by atoms with van der Waals surface area (Å²) in [5.41, 5.74) is 5.19. The number of phenols is 2. The molecule has 39 heavy (non-hydrogen) atoms. The van der Waals surface area contributed by atoms with Gasteiger partial charge >= 0.3 is 0 Å². The van der Waals surface area contributed by atoms with Crippen LogP contribution in [-0.2, 0) is 13.1 Å². The van der Waals surface area contributed by atoms with Crippen molar-refractivity contribution < 1.29 is 24.4 Å². The van der Waals surface area contributed by atoms with E-state index in [1.165, 1.54) is 0 Å². The van der Waals surface area contributed by atoms with Crippen molar-refractivity contribution in [3.05, 3.63) is 101 Å². The van der Waals surface area contributed by atoms with Crippen LogP contribution in [0.5, 0.6) is 28.7 Å². The molecule has 0 fully saturated rings. The largest absolute Gasteiger partial charge is 0.508 e. The number of benzene rings is 2. The number of anilines is 1. The first kappa shape index (κ1) is 30.6. The van der Waals surface area contributed by atoms with Gasteiger partial charge in [-0.25, -0.2) is 0 Å². The summed E-state index contributed by atoms with van der Waals surface area (Å²) >= 11 is 0. The van der Waals surface area contributed by atoms with Gasteiger partial charge in [0.15, 0.2) is 5.75 Å². The van der Waals surface area contributed by atoms with E-state index >= 15 is 0 Å². The molecule has 0 bridgehead atoms. The normalized spacial score (nSPS) is 10.2. The van der Waals surface area contributed by atoms with E-state index in [0.717, 1.165) is 11.1 Å². The number of nitrogens with one attached hydrogen (secondary N) is 1. The van der Waals surface area contributed by atoms with Gasteiger partial charge in [0.05, 0.1) is 19.8 Å². The zero-order valence-electron chi connectivity index (χ0n) is 22.0. The van der Waals surface area contributed by atoms with Gasteiger partial charge in [-0.05, 0) is 56.2 Å². The second-order valence-corrected chi connectivity index (χ2v) is 7.87. The third-order valence-electron chi connectivity index (χ3n) is 5.14. The topological polar surface area (TPSA) is 174 Å². The lowest BCUT2D eigenvalue weighted by atomic mass is 10.2. The Morgan fingerprint density at radius 1 is 0.615 bits per heavy atom. The number of ether oxygens (including phenoxy) is 3. The molecule has 5 N–H and O–H groups in total.